The van der Waals surface area contributed by atoms with Crippen molar-refractivity contribution in [3.05, 3.63) is 64.2 Å². The van der Waals surface area contributed by atoms with Crippen molar-refractivity contribution < 1.29 is 19.2 Å². The number of nitrogens with one attached hydrogen (secondary N) is 2. The van der Waals surface area contributed by atoms with Crippen LogP contribution in [0.25, 0.3) is 0 Å². The first kappa shape index (κ1) is 18.5. The Labute approximate surface area is 149 Å². The number of hydrogen-bond acceptors (Lipinski definition) is 5. The van der Waals surface area contributed by atoms with Gasteiger partial charge in [-0.15, -0.1) is 6.42 Å². The molecular formula is C18H15N3O5. The molecule has 8 heteroatoms. The highest BCUT2D eigenvalue weighted by atomic mass is 16.6. The zero-order valence-electron chi connectivity index (χ0n) is 13.6. The van der Waals surface area contributed by atoms with Crippen LogP contribution in [0.2, 0.25) is 0 Å². The first-order valence-electron chi connectivity index (χ1n) is 7.48. The van der Waals surface area contributed by atoms with Crippen LogP contribution in [-0.2, 0) is 9.59 Å². The number of benzene rings is 2. The van der Waals surface area contributed by atoms with E-state index in [4.69, 9.17) is 11.2 Å². The summed E-state index contributed by atoms with van der Waals surface area (Å²) in [6, 6.07) is 12.1. The van der Waals surface area contributed by atoms with Crippen LogP contribution in [0, 0.1) is 22.5 Å². The Bertz CT molecular complexity index is 856. The van der Waals surface area contributed by atoms with Crippen LogP contribution in [0.3, 0.4) is 0 Å². The number of non-ortho nitro benzene ring substituents is 1. The second-order valence-corrected chi connectivity index (χ2v) is 5.09. The number of anilines is 1. The topological polar surface area (TPSA) is 111 Å². The van der Waals surface area contributed by atoms with Gasteiger partial charge in [0.15, 0.2) is 6.61 Å². The SMILES string of the molecule is C#Cc1cccc(NC(=O)CNC(=O)COc2ccc([N+](=O)[O-])cc2)c1. The van der Waals surface area contributed by atoms with Crippen molar-refractivity contribution in [2.24, 2.45) is 0 Å². The summed E-state index contributed by atoms with van der Waals surface area (Å²) >= 11 is 0. The zero-order valence-corrected chi connectivity index (χ0v) is 13.6. The van der Waals surface area contributed by atoms with E-state index in [1.165, 1.54) is 24.3 Å². The minimum absolute atomic E-state index is 0.0765. The molecule has 8 nitrogen and oxygen atoms in total. The van der Waals surface area contributed by atoms with Crippen LogP contribution in [0.15, 0.2) is 48.5 Å². The van der Waals surface area contributed by atoms with Gasteiger partial charge in [-0.05, 0) is 30.3 Å². The van der Waals surface area contributed by atoms with Gasteiger partial charge in [0.1, 0.15) is 5.75 Å². The van der Waals surface area contributed by atoms with Crippen LogP contribution in [0.5, 0.6) is 5.75 Å². The van der Waals surface area contributed by atoms with Crippen LogP contribution in [0.4, 0.5) is 11.4 Å². The number of nitrogens with zero attached hydrogens (tertiary/aromatic N) is 1. The number of nitro benzene ring substituents is 1. The van der Waals surface area contributed by atoms with Crippen LogP contribution in [0.1, 0.15) is 5.56 Å². The normalized spacial score (nSPS) is 9.65. The first-order chi connectivity index (χ1) is 12.5. The average molecular weight is 353 g/mol. The van der Waals surface area contributed by atoms with Crippen LogP contribution < -0.4 is 15.4 Å². The molecule has 0 radical (unpaired) electrons. The van der Waals surface area contributed by atoms with Crippen molar-refractivity contribution in [1.29, 1.82) is 0 Å². The molecule has 0 unspecified atom stereocenters. The fourth-order valence-electron chi connectivity index (χ4n) is 1.93. The largest absolute Gasteiger partial charge is 0.484 e. The second kappa shape index (κ2) is 8.84. The van der Waals surface area contributed by atoms with E-state index in [-0.39, 0.29) is 18.8 Å². The highest BCUT2D eigenvalue weighted by Gasteiger charge is 2.08. The van der Waals surface area contributed by atoms with Crippen molar-refractivity contribution in [2.75, 3.05) is 18.5 Å². The Morgan fingerprint density at radius 1 is 1.15 bits per heavy atom. The summed E-state index contributed by atoms with van der Waals surface area (Å²) in [5.41, 5.74) is 1.08. The number of terminal acetylenes is 1. The second-order valence-electron chi connectivity index (χ2n) is 5.09. The highest BCUT2D eigenvalue weighted by molar-refractivity contribution is 5.94. The van der Waals surface area contributed by atoms with Crippen molar-refractivity contribution in [3.63, 3.8) is 0 Å². The molecule has 0 heterocycles. The third-order valence-electron chi connectivity index (χ3n) is 3.18. The molecule has 2 N–H and O–H groups in total. The molecule has 2 aromatic rings. The maximum absolute atomic E-state index is 11.8. The molecule has 0 saturated carbocycles. The highest BCUT2D eigenvalue weighted by Crippen LogP contribution is 2.17. The summed E-state index contributed by atoms with van der Waals surface area (Å²) in [5, 5.41) is 15.6. The van der Waals surface area contributed by atoms with E-state index >= 15 is 0 Å². The van der Waals surface area contributed by atoms with Gasteiger partial charge >= 0.3 is 0 Å². The minimum Gasteiger partial charge on any atom is -0.484 e. The van der Waals surface area contributed by atoms with Crippen molar-refractivity contribution in [1.82, 2.24) is 5.32 Å². The molecule has 0 aliphatic rings. The van der Waals surface area contributed by atoms with E-state index in [0.717, 1.165) is 0 Å². The predicted molar refractivity (Wildman–Crippen MR) is 94.6 cm³/mol. The van der Waals surface area contributed by atoms with Gasteiger partial charge in [0, 0.05) is 23.4 Å². The third-order valence-corrected chi connectivity index (χ3v) is 3.18. The number of carbonyl (C=O) groups excluding carboxylic acids is 2. The lowest BCUT2D eigenvalue weighted by Crippen LogP contribution is -2.35. The van der Waals surface area contributed by atoms with Gasteiger partial charge in [0.2, 0.25) is 5.91 Å². The lowest BCUT2D eigenvalue weighted by Gasteiger charge is -2.08. The number of rotatable bonds is 7. The maximum Gasteiger partial charge on any atom is 0.269 e. The van der Waals surface area contributed by atoms with Gasteiger partial charge in [0.25, 0.3) is 11.6 Å². The molecule has 0 atom stereocenters. The number of hydrogen-bond donors (Lipinski definition) is 2. The molecule has 0 spiro atoms. The molecule has 2 rings (SSSR count). The van der Waals surface area contributed by atoms with E-state index in [9.17, 15) is 19.7 Å². The van der Waals surface area contributed by atoms with Gasteiger partial charge in [-0.2, -0.15) is 0 Å². The van der Waals surface area contributed by atoms with E-state index in [0.29, 0.717) is 17.0 Å². The minimum atomic E-state index is -0.533. The Kier molecular flexibility index (Phi) is 6.28. The van der Waals surface area contributed by atoms with E-state index < -0.39 is 16.7 Å². The molecule has 0 aliphatic heterocycles. The van der Waals surface area contributed by atoms with E-state index in [1.807, 2.05) is 0 Å². The summed E-state index contributed by atoms with van der Waals surface area (Å²) in [5.74, 6) is 1.85. The fraction of sp³-hybridized carbons (Fsp3) is 0.111. The Balaban J connectivity index is 1.74. The lowest BCUT2D eigenvalue weighted by atomic mass is 10.2. The average Bonchev–Trinajstić information content (AvgIpc) is 2.65. The van der Waals surface area contributed by atoms with Gasteiger partial charge in [-0.25, -0.2) is 0 Å². The Hall–Kier alpha value is -3.86. The van der Waals surface area contributed by atoms with Gasteiger partial charge in [-0.3, -0.25) is 19.7 Å². The van der Waals surface area contributed by atoms with Crippen molar-refractivity contribution >= 4 is 23.2 Å². The smallest absolute Gasteiger partial charge is 0.269 e. The molecule has 0 fully saturated rings. The summed E-state index contributed by atoms with van der Waals surface area (Å²) < 4.78 is 5.19. The number of amides is 2. The standard InChI is InChI=1S/C18H15N3O5/c1-2-13-4-3-5-14(10-13)20-17(22)11-19-18(23)12-26-16-8-6-15(7-9-16)21(24)25/h1,3-10H,11-12H2,(H,19,23)(H,20,22). The monoisotopic (exact) mass is 353 g/mol. The summed E-state index contributed by atoms with van der Waals surface area (Å²) in [6.45, 7) is -0.555. The van der Waals surface area contributed by atoms with Gasteiger partial charge in [-0.1, -0.05) is 12.0 Å². The predicted octanol–water partition coefficient (Wildman–Crippen LogP) is 1.71. The number of carbonyl (C=O) groups is 2. The molecule has 26 heavy (non-hydrogen) atoms. The molecule has 0 aliphatic carbocycles. The molecular weight excluding hydrogens is 338 g/mol. The van der Waals surface area contributed by atoms with Crippen molar-refractivity contribution in [3.8, 4) is 18.1 Å². The molecule has 0 saturated heterocycles. The maximum atomic E-state index is 11.8. The zero-order chi connectivity index (χ0) is 18.9. The Morgan fingerprint density at radius 2 is 1.88 bits per heavy atom. The molecule has 2 amide bonds. The van der Waals surface area contributed by atoms with E-state index in [1.54, 1.807) is 24.3 Å². The molecule has 132 valence electrons. The number of ether oxygens (including phenoxy) is 1. The van der Waals surface area contributed by atoms with Crippen LogP contribution >= 0.6 is 0 Å². The van der Waals surface area contributed by atoms with Crippen LogP contribution in [-0.4, -0.2) is 29.9 Å². The Morgan fingerprint density at radius 3 is 2.54 bits per heavy atom. The molecule has 0 aromatic heterocycles. The fourth-order valence-corrected chi connectivity index (χ4v) is 1.93. The van der Waals surface area contributed by atoms with Gasteiger partial charge in [0.05, 0.1) is 11.5 Å². The first-order valence-corrected chi connectivity index (χ1v) is 7.48. The number of nitro groups is 1. The van der Waals surface area contributed by atoms with E-state index in [2.05, 4.69) is 16.6 Å². The molecule has 2 aromatic carbocycles. The third kappa shape index (κ3) is 5.65. The summed E-state index contributed by atoms with van der Waals surface area (Å²) in [7, 11) is 0. The van der Waals surface area contributed by atoms with Crippen molar-refractivity contribution in [2.45, 2.75) is 0 Å². The molecule has 0 bridgehead atoms. The lowest BCUT2D eigenvalue weighted by molar-refractivity contribution is -0.384. The summed E-state index contributed by atoms with van der Waals surface area (Å²) in [4.78, 5) is 33.5. The quantitative estimate of drug-likeness (QED) is 0.447. The van der Waals surface area contributed by atoms with Gasteiger partial charge < -0.3 is 15.4 Å². The summed E-state index contributed by atoms with van der Waals surface area (Å²) in [6.07, 6.45) is 5.29.